The zero-order valence-corrected chi connectivity index (χ0v) is 16.2. The van der Waals surface area contributed by atoms with Gasteiger partial charge in [-0.25, -0.2) is 8.42 Å². The van der Waals surface area contributed by atoms with Crippen molar-refractivity contribution in [2.75, 3.05) is 25.2 Å². The standard InChI is InChI=1S/C18H24N2O6S/c1-3-4-13-5-6-15(16(9-13)25-2)26-11-18(22)20-19-17(21)10-14-7-8-27(23,24)12-14/h3-6,9,14H,7-8,10-12H2,1-2H3,(H,19,21)(H,20,22)/b4-3+/t14-/m0/s1. The largest absolute Gasteiger partial charge is 0.493 e. The molecule has 1 fully saturated rings. The molecule has 1 aliphatic heterocycles. The van der Waals surface area contributed by atoms with E-state index in [0.717, 1.165) is 5.56 Å². The van der Waals surface area contributed by atoms with Gasteiger partial charge in [0, 0.05) is 6.42 Å². The monoisotopic (exact) mass is 396 g/mol. The van der Waals surface area contributed by atoms with E-state index in [0.29, 0.717) is 17.9 Å². The predicted molar refractivity (Wildman–Crippen MR) is 101 cm³/mol. The van der Waals surface area contributed by atoms with E-state index in [2.05, 4.69) is 10.9 Å². The molecule has 0 bridgehead atoms. The Kier molecular flexibility index (Phi) is 7.23. The zero-order valence-electron chi connectivity index (χ0n) is 15.4. The number of methoxy groups -OCH3 is 1. The quantitative estimate of drug-likeness (QED) is 0.667. The summed E-state index contributed by atoms with van der Waals surface area (Å²) < 4.78 is 33.4. The number of rotatable bonds is 7. The maximum atomic E-state index is 11.8. The van der Waals surface area contributed by atoms with Gasteiger partial charge in [-0.05, 0) is 37.0 Å². The van der Waals surface area contributed by atoms with Crippen LogP contribution < -0.4 is 20.3 Å². The number of carbonyl (C=O) groups is 2. The van der Waals surface area contributed by atoms with E-state index >= 15 is 0 Å². The van der Waals surface area contributed by atoms with Crippen LogP contribution in [0.5, 0.6) is 11.5 Å². The summed E-state index contributed by atoms with van der Waals surface area (Å²) in [5, 5.41) is 0. The predicted octanol–water partition coefficient (Wildman–Crippen LogP) is 1.08. The average Bonchev–Trinajstić information content (AvgIpc) is 2.97. The minimum absolute atomic E-state index is 0.0144. The van der Waals surface area contributed by atoms with Crippen LogP contribution in [0.4, 0.5) is 0 Å². The van der Waals surface area contributed by atoms with Crippen LogP contribution in [0.25, 0.3) is 6.08 Å². The van der Waals surface area contributed by atoms with Crippen LogP contribution in [0.1, 0.15) is 25.3 Å². The molecule has 1 atom stereocenters. The Morgan fingerprint density at radius 3 is 2.59 bits per heavy atom. The van der Waals surface area contributed by atoms with Gasteiger partial charge in [-0.15, -0.1) is 0 Å². The first kappa shape index (κ1) is 20.8. The number of benzene rings is 1. The maximum absolute atomic E-state index is 11.8. The van der Waals surface area contributed by atoms with Gasteiger partial charge in [0.1, 0.15) is 0 Å². The summed E-state index contributed by atoms with van der Waals surface area (Å²) in [6.07, 6.45) is 4.33. The summed E-state index contributed by atoms with van der Waals surface area (Å²) in [4.78, 5) is 23.6. The van der Waals surface area contributed by atoms with Gasteiger partial charge in [0.25, 0.3) is 5.91 Å². The fraction of sp³-hybridized carbons (Fsp3) is 0.444. The van der Waals surface area contributed by atoms with Crippen molar-refractivity contribution in [3.63, 3.8) is 0 Å². The van der Waals surface area contributed by atoms with Crippen LogP contribution in [0.15, 0.2) is 24.3 Å². The number of sulfone groups is 1. The van der Waals surface area contributed by atoms with Crippen molar-refractivity contribution in [1.82, 2.24) is 10.9 Å². The maximum Gasteiger partial charge on any atom is 0.276 e. The lowest BCUT2D eigenvalue weighted by Gasteiger charge is -2.12. The van der Waals surface area contributed by atoms with E-state index in [1.54, 1.807) is 12.1 Å². The first-order valence-electron chi connectivity index (χ1n) is 8.54. The van der Waals surface area contributed by atoms with Gasteiger partial charge in [-0.3, -0.25) is 20.4 Å². The highest BCUT2D eigenvalue weighted by molar-refractivity contribution is 7.91. The molecule has 2 rings (SSSR count). The van der Waals surface area contributed by atoms with E-state index in [9.17, 15) is 18.0 Å². The molecule has 148 valence electrons. The molecule has 1 aliphatic rings. The highest BCUT2D eigenvalue weighted by atomic mass is 32.2. The fourth-order valence-corrected chi connectivity index (χ4v) is 4.63. The average molecular weight is 396 g/mol. The highest BCUT2D eigenvalue weighted by Crippen LogP contribution is 2.28. The van der Waals surface area contributed by atoms with Gasteiger partial charge in [-0.1, -0.05) is 18.2 Å². The minimum Gasteiger partial charge on any atom is -0.493 e. The molecule has 1 saturated heterocycles. The van der Waals surface area contributed by atoms with Gasteiger partial charge >= 0.3 is 0 Å². The SMILES string of the molecule is C/C=C/c1ccc(OCC(=O)NNC(=O)C[C@@H]2CCS(=O)(=O)C2)c(OC)c1. The molecule has 0 aromatic heterocycles. The Morgan fingerprint density at radius 1 is 1.22 bits per heavy atom. The summed E-state index contributed by atoms with van der Waals surface area (Å²) in [6, 6.07) is 5.30. The van der Waals surface area contributed by atoms with Crippen molar-refractivity contribution in [3.05, 3.63) is 29.8 Å². The molecule has 1 aromatic rings. The van der Waals surface area contributed by atoms with E-state index in [1.165, 1.54) is 7.11 Å². The molecule has 2 N–H and O–H groups in total. The summed E-state index contributed by atoms with van der Waals surface area (Å²) in [7, 11) is -1.52. The number of amides is 2. The number of carbonyl (C=O) groups excluding carboxylic acids is 2. The van der Waals surface area contributed by atoms with Gasteiger partial charge in [-0.2, -0.15) is 0 Å². The summed E-state index contributed by atoms with van der Waals surface area (Å²) in [5.74, 6) is -0.155. The first-order chi connectivity index (χ1) is 12.8. The van der Waals surface area contributed by atoms with Crippen molar-refractivity contribution >= 4 is 27.7 Å². The van der Waals surface area contributed by atoms with E-state index in [4.69, 9.17) is 9.47 Å². The number of nitrogens with one attached hydrogen (secondary N) is 2. The van der Waals surface area contributed by atoms with Crippen LogP contribution in [0, 0.1) is 5.92 Å². The summed E-state index contributed by atoms with van der Waals surface area (Å²) in [5.41, 5.74) is 5.46. The Hall–Kier alpha value is -2.55. The topological polar surface area (TPSA) is 111 Å². The van der Waals surface area contributed by atoms with Gasteiger partial charge in [0.05, 0.1) is 18.6 Å². The third-order valence-electron chi connectivity index (χ3n) is 4.05. The number of hydrogen-bond donors (Lipinski definition) is 2. The smallest absolute Gasteiger partial charge is 0.276 e. The molecule has 2 amide bonds. The zero-order chi connectivity index (χ0) is 19.9. The number of allylic oxidation sites excluding steroid dienone is 1. The molecular weight excluding hydrogens is 372 g/mol. The fourth-order valence-electron chi connectivity index (χ4n) is 2.76. The van der Waals surface area contributed by atoms with Gasteiger partial charge in [0.15, 0.2) is 27.9 Å². The Labute approximate surface area is 158 Å². The molecule has 27 heavy (non-hydrogen) atoms. The third-order valence-corrected chi connectivity index (χ3v) is 5.88. The summed E-state index contributed by atoms with van der Waals surface area (Å²) in [6.45, 7) is 1.60. The molecule has 9 heteroatoms. The van der Waals surface area contributed by atoms with Gasteiger partial charge < -0.3 is 9.47 Å². The summed E-state index contributed by atoms with van der Waals surface area (Å²) >= 11 is 0. The molecule has 8 nitrogen and oxygen atoms in total. The van der Waals surface area contributed by atoms with Crippen molar-refractivity contribution in [3.8, 4) is 11.5 Å². The second-order valence-electron chi connectivity index (χ2n) is 6.27. The molecule has 1 heterocycles. The van der Waals surface area contributed by atoms with Crippen molar-refractivity contribution in [2.24, 2.45) is 5.92 Å². The minimum atomic E-state index is -3.03. The Bertz CT molecular complexity index is 819. The normalized spacial score (nSPS) is 18.2. The highest BCUT2D eigenvalue weighted by Gasteiger charge is 2.29. The van der Waals surface area contributed by atoms with Crippen molar-refractivity contribution < 1.29 is 27.5 Å². The lowest BCUT2D eigenvalue weighted by Crippen LogP contribution is -2.44. The van der Waals surface area contributed by atoms with Crippen LogP contribution >= 0.6 is 0 Å². The van der Waals surface area contributed by atoms with Crippen LogP contribution in [-0.2, 0) is 19.4 Å². The van der Waals surface area contributed by atoms with Crippen molar-refractivity contribution in [2.45, 2.75) is 19.8 Å². The lowest BCUT2D eigenvalue weighted by atomic mass is 10.1. The Balaban J connectivity index is 1.77. The second kappa shape index (κ2) is 9.40. The molecule has 0 spiro atoms. The first-order valence-corrected chi connectivity index (χ1v) is 10.4. The van der Waals surface area contributed by atoms with Crippen molar-refractivity contribution in [1.29, 1.82) is 0 Å². The lowest BCUT2D eigenvalue weighted by molar-refractivity contribution is -0.130. The van der Waals surface area contributed by atoms with E-state index in [1.807, 2.05) is 25.1 Å². The van der Waals surface area contributed by atoms with Crippen LogP contribution in [0.3, 0.4) is 0 Å². The van der Waals surface area contributed by atoms with Crippen LogP contribution in [-0.4, -0.2) is 45.5 Å². The number of hydrogen-bond acceptors (Lipinski definition) is 6. The molecule has 0 saturated carbocycles. The number of ether oxygens (including phenoxy) is 2. The number of hydrazine groups is 1. The molecule has 0 radical (unpaired) electrons. The molecule has 1 aromatic carbocycles. The third kappa shape index (κ3) is 6.59. The van der Waals surface area contributed by atoms with E-state index in [-0.39, 0.29) is 30.5 Å². The van der Waals surface area contributed by atoms with E-state index < -0.39 is 21.7 Å². The van der Waals surface area contributed by atoms with Crippen LogP contribution in [0.2, 0.25) is 0 Å². The van der Waals surface area contributed by atoms with Gasteiger partial charge in [0.2, 0.25) is 5.91 Å². The molecule has 0 unspecified atom stereocenters. The molecule has 0 aliphatic carbocycles. The molecular formula is C18H24N2O6S. The second-order valence-corrected chi connectivity index (χ2v) is 8.50. The Morgan fingerprint density at radius 2 is 1.96 bits per heavy atom.